The molecule has 0 radical (unpaired) electrons. The standard InChI is InChI=1S/C16H31BrO4/c1-2-3-7-18-8-9-19-10-11-20-12-13-21-15-16(14-17)5-4-6-16/h2-15H2,1H3. The summed E-state index contributed by atoms with van der Waals surface area (Å²) in [7, 11) is 0. The first-order chi connectivity index (χ1) is 10.3. The maximum atomic E-state index is 5.70. The molecule has 1 rings (SSSR count). The SMILES string of the molecule is CCCCOCCOCCOCCOCC1(CBr)CCC1. The van der Waals surface area contributed by atoms with E-state index in [9.17, 15) is 0 Å². The number of ether oxygens (including phenoxy) is 4. The van der Waals surface area contributed by atoms with Gasteiger partial charge in [0.25, 0.3) is 0 Å². The highest BCUT2D eigenvalue weighted by molar-refractivity contribution is 9.09. The third kappa shape index (κ3) is 9.14. The van der Waals surface area contributed by atoms with E-state index < -0.39 is 0 Å². The Morgan fingerprint density at radius 3 is 1.76 bits per heavy atom. The fourth-order valence-electron chi connectivity index (χ4n) is 2.19. The molecule has 0 aromatic carbocycles. The summed E-state index contributed by atoms with van der Waals surface area (Å²) in [4.78, 5) is 0. The quantitative estimate of drug-likeness (QED) is 0.328. The molecule has 0 aromatic heterocycles. The van der Waals surface area contributed by atoms with Gasteiger partial charge in [-0.3, -0.25) is 0 Å². The Morgan fingerprint density at radius 2 is 1.33 bits per heavy atom. The number of rotatable bonds is 15. The molecule has 126 valence electrons. The van der Waals surface area contributed by atoms with Crippen molar-refractivity contribution in [1.29, 1.82) is 0 Å². The zero-order valence-electron chi connectivity index (χ0n) is 13.4. The normalized spacial score (nSPS) is 16.9. The van der Waals surface area contributed by atoms with Gasteiger partial charge in [-0.15, -0.1) is 0 Å². The second-order valence-corrected chi connectivity index (χ2v) is 6.29. The molecule has 1 aliphatic rings. The van der Waals surface area contributed by atoms with Crippen molar-refractivity contribution in [3.8, 4) is 0 Å². The average Bonchev–Trinajstić information content (AvgIpc) is 2.46. The zero-order valence-corrected chi connectivity index (χ0v) is 15.0. The van der Waals surface area contributed by atoms with E-state index in [4.69, 9.17) is 18.9 Å². The van der Waals surface area contributed by atoms with E-state index >= 15 is 0 Å². The maximum absolute atomic E-state index is 5.70. The molecule has 0 aliphatic heterocycles. The number of halogens is 1. The minimum atomic E-state index is 0.404. The molecule has 4 nitrogen and oxygen atoms in total. The second kappa shape index (κ2) is 12.8. The van der Waals surface area contributed by atoms with Crippen LogP contribution in [0.15, 0.2) is 0 Å². The molecule has 5 heteroatoms. The van der Waals surface area contributed by atoms with Crippen LogP contribution in [0.3, 0.4) is 0 Å². The van der Waals surface area contributed by atoms with Gasteiger partial charge in [-0.1, -0.05) is 35.7 Å². The molecule has 21 heavy (non-hydrogen) atoms. The molecule has 0 amide bonds. The molecule has 0 heterocycles. The van der Waals surface area contributed by atoms with Crippen LogP contribution in [0.5, 0.6) is 0 Å². The van der Waals surface area contributed by atoms with Crippen molar-refractivity contribution in [3.05, 3.63) is 0 Å². The number of unbranched alkanes of at least 4 members (excludes halogenated alkanes) is 1. The van der Waals surface area contributed by atoms with Crippen LogP contribution < -0.4 is 0 Å². The topological polar surface area (TPSA) is 36.9 Å². The van der Waals surface area contributed by atoms with Gasteiger partial charge >= 0.3 is 0 Å². The predicted molar refractivity (Wildman–Crippen MR) is 88.3 cm³/mol. The summed E-state index contributed by atoms with van der Waals surface area (Å²) >= 11 is 3.58. The molecule has 0 N–H and O–H groups in total. The first-order valence-corrected chi connectivity index (χ1v) is 9.32. The summed E-state index contributed by atoms with van der Waals surface area (Å²) in [5, 5.41) is 1.05. The van der Waals surface area contributed by atoms with E-state index in [1.807, 2.05) is 0 Å². The van der Waals surface area contributed by atoms with E-state index in [-0.39, 0.29) is 0 Å². The monoisotopic (exact) mass is 366 g/mol. The highest BCUT2D eigenvalue weighted by Crippen LogP contribution is 2.42. The van der Waals surface area contributed by atoms with Crippen molar-refractivity contribution >= 4 is 15.9 Å². The number of alkyl halides is 1. The lowest BCUT2D eigenvalue weighted by molar-refractivity contribution is -0.0287. The van der Waals surface area contributed by atoms with Gasteiger partial charge in [0, 0.05) is 17.4 Å². The molecule has 0 unspecified atom stereocenters. The summed E-state index contributed by atoms with van der Waals surface area (Å²) in [5.74, 6) is 0. The van der Waals surface area contributed by atoms with Gasteiger partial charge in [0.15, 0.2) is 0 Å². The molecule has 1 aliphatic carbocycles. The Bertz CT molecular complexity index is 229. The van der Waals surface area contributed by atoms with Crippen LogP contribution in [0.1, 0.15) is 39.0 Å². The van der Waals surface area contributed by atoms with E-state index in [1.54, 1.807) is 0 Å². The number of hydrogen-bond donors (Lipinski definition) is 0. The fourth-order valence-corrected chi connectivity index (χ4v) is 2.91. The largest absolute Gasteiger partial charge is 0.379 e. The molecule has 0 bridgehead atoms. The van der Waals surface area contributed by atoms with Crippen LogP contribution in [-0.4, -0.2) is 58.2 Å². The van der Waals surface area contributed by atoms with Crippen LogP contribution >= 0.6 is 15.9 Å². The molecule has 0 saturated heterocycles. The van der Waals surface area contributed by atoms with Crippen LogP contribution in [-0.2, 0) is 18.9 Å². The van der Waals surface area contributed by atoms with Gasteiger partial charge in [0.05, 0.1) is 46.2 Å². The van der Waals surface area contributed by atoms with Crippen molar-refractivity contribution in [2.24, 2.45) is 5.41 Å². The van der Waals surface area contributed by atoms with Gasteiger partial charge in [-0.25, -0.2) is 0 Å². The van der Waals surface area contributed by atoms with Crippen molar-refractivity contribution in [2.75, 3.05) is 58.2 Å². The summed E-state index contributed by atoms with van der Waals surface area (Å²) in [6, 6.07) is 0. The van der Waals surface area contributed by atoms with E-state index in [2.05, 4.69) is 22.9 Å². The first-order valence-electron chi connectivity index (χ1n) is 8.20. The first kappa shape index (κ1) is 19.4. The fraction of sp³-hybridized carbons (Fsp3) is 1.00. The molecule has 1 fully saturated rings. The Hall–Kier alpha value is 0.320. The number of hydrogen-bond acceptors (Lipinski definition) is 4. The summed E-state index contributed by atoms with van der Waals surface area (Å²) in [5.41, 5.74) is 0.404. The molecule has 0 spiro atoms. The third-order valence-corrected chi connectivity index (χ3v) is 5.05. The Kier molecular flexibility index (Phi) is 11.8. The van der Waals surface area contributed by atoms with E-state index in [1.165, 1.54) is 25.7 Å². The zero-order chi connectivity index (χ0) is 15.2. The van der Waals surface area contributed by atoms with Crippen molar-refractivity contribution in [3.63, 3.8) is 0 Å². The van der Waals surface area contributed by atoms with Gasteiger partial charge in [0.1, 0.15) is 0 Å². The smallest absolute Gasteiger partial charge is 0.0701 e. The van der Waals surface area contributed by atoms with E-state index in [0.29, 0.717) is 45.1 Å². The molecular weight excluding hydrogens is 336 g/mol. The molecule has 0 atom stereocenters. The summed E-state index contributed by atoms with van der Waals surface area (Å²) in [6.07, 6.45) is 6.21. The van der Waals surface area contributed by atoms with Gasteiger partial charge in [-0.05, 0) is 19.3 Å². The Balaban J connectivity index is 1.73. The maximum Gasteiger partial charge on any atom is 0.0701 e. The Morgan fingerprint density at radius 1 is 0.810 bits per heavy atom. The van der Waals surface area contributed by atoms with Crippen LogP contribution in [0.2, 0.25) is 0 Å². The minimum Gasteiger partial charge on any atom is -0.379 e. The van der Waals surface area contributed by atoms with Gasteiger partial charge < -0.3 is 18.9 Å². The van der Waals surface area contributed by atoms with Gasteiger partial charge in [0.2, 0.25) is 0 Å². The highest BCUT2D eigenvalue weighted by Gasteiger charge is 2.35. The van der Waals surface area contributed by atoms with E-state index in [0.717, 1.165) is 25.0 Å². The van der Waals surface area contributed by atoms with Crippen molar-refractivity contribution in [2.45, 2.75) is 39.0 Å². The lowest BCUT2D eigenvalue weighted by atomic mass is 9.71. The van der Waals surface area contributed by atoms with Crippen molar-refractivity contribution < 1.29 is 18.9 Å². The average molecular weight is 367 g/mol. The molecule has 1 saturated carbocycles. The van der Waals surface area contributed by atoms with Crippen LogP contribution in [0.25, 0.3) is 0 Å². The highest BCUT2D eigenvalue weighted by atomic mass is 79.9. The predicted octanol–water partition coefficient (Wildman–Crippen LogP) is 3.42. The summed E-state index contributed by atoms with van der Waals surface area (Å²) < 4.78 is 22.0. The lowest BCUT2D eigenvalue weighted by Crippen LogP contribution is -2.36. The minimum absolute atomic E-state index is 0.404. The third-order valence-electron chi connectivity index (χ3n) is 3.86. The van der Waals surface area contributed by atoms with Crippen molar-refractivity contribution in [1.82, 2.24) is 0 Å². The molecular formula is C16H31BrO4. The molecule has 0 aromatic rings. The van der Waals surface area contributed by atoms with Crippen LogP contribution in [0.4, 0.5) is 0 Å². The lowest BCUT2D eigenvalue weighted by Gasteiger charge is -2.40. The second-order valence-electron chi connectivity index (χ2n) is 5.73. The van der Waals surface area contributed by atoms with Gasteiger partial charge in [-0.2, -0.15) is 0 Å². The van der Waals surface area contributed by atoms with Crippen LogP contribution in [0, 0.1) is 5.41 Å². The summed E-state index contributed by atoms with van der Waals surface area (Å²) in [6.45, 7) is 7.76. The Labute approximate surface area is 138 Å².